The van der Waals surface area contributed by atoms with Crippen LogP contribution < -0.4 is 4.72 Å². The summed E-state index contributed by atoms with van der Waals surface area (Å²) in [5.41, 5.74) is 7.02. The first-order chi connectivity index (χ1) is 25.1. The summed E-state index contributed by atoms with van der Waals surface area (Å²) < 4.78 is 37.0. The lowest BCUT2D eigenvalue weighted by Crippen LogP contribution is -2.29. The molecule has 0 aliphatic heterocycles. The predicted molar refractivity (Wildman–Crippen MR) is 205 cm³/mol. The summed E-state index contributed by atoms with van der Waals surface area (Å²) in [6.45, 7) is 0.118. The van der Waals surface area contributed by atoms with Crippen molar-refractivity contribution in [3.05, 3.63) is 177 Å². The van der Waals surface area contributed by atoms with Gasteiger partial charge in [0.25, 0.3) is 0 Å². The average molecular weight is 735 g/mol. The number of hydrogen-bond acceptors (Lipinski definition) is 5. The number of nitrogens with one attached hydrogen (secondary N) is 1. The number of sulfonamides is 1. The van der Waals surface area contributed by atoms with Gasteiger partial charge in [0.05, 0.1) is 30.0 Å². The fraction of sp³-hybridized carbons (Fsp3) is 0.190. The maximum Gasteiger partial charge on any atom is 0.338 e. The molecule has 0 saturated heterocycles. The number of esters is 1. The van der Waals surface area contributed by atoms with Gasteiger partial charge in [-0.2, -0.15) is 0 Å². The average Bonchev–Trinajstić information content (AvgIpc) is 3.43. The number of aryl methyl sites for hydroxylation is 2. The maximum atomic E-state index is 13.5. The van der Waals surface area contributed by atoms with E-state index in [4.69, 9.17) is 16.3 Å². The largest absolute Gasteiger partial charge is 0.478 e. The highest BCUT2D eigenvalue weighted by Gasteiger charge is 2.26. The molecule has 1 aromatic heterocycles. The number of methoxy groups -OCH3 is 1. The number of rotatable bonds is 15. The molecular weight excluding hydrogens is 696 g/mol. The van der Waals surface area contributed by atoms with E-state index in [0.29, 0.717) is 23.4 Å². The molecule has 6 rings (SSSR count). The van der Waals surface area contributed by atoms with Crippen molar-refractivity contribution in [3.8, 4) is 0 Å². The molecule has 0 aliphatic carbocycles. The fourth-order valence-electron chi connectivity index (χ4n) is 6.83. The van der Waals surface area contributed by atoms with E-state index in [-0.39, 0.29) is 29.5 Å². The summed E-state index contributed by atoms with van der Waals surface area (Å²) in [6.07, 6.45) is 2.54. The topological polar surface area (TPSA) is 115 Å². The number of carboxylic acid groups (broad SMARTS) is 1. The molecule has 1 heterocycles. The van der Waals surface area contributed by atoms with E-state index in [2.05, 4.69) is 33.6 Å². The molecule has 0 atom stereocenters. The third-order valence-corrected chi connectivity index (χ3v) is 10.8. The Morgan fingerprint density at radius 1 is 0.808 bits per heavy atom. The highest BCUT2D eigenvalue weighted by atomic mass is 35.5. The highest BCUT2D eigenvalue weighted by molar-refractivity contribution is 7.88. The van der Waals surface area contributed by atoms with Crippen LogP contribution in [0.25, 0.3) is 10.9 Å². The number of nitrogens with zero attached hydrogens (tertiary/aromatic N) is 1. The Morgan fingerprint density at radius 2 is 1.44 bits per heavy atom. The van der Waals surface area contributed by atoms with E-state index in [1.165, 1.54) is 7.11 Å². The second-order valence-electron chi connectivity index (χ2n) is 12.6. The van der Waals surface area contributed by atoms with Crippen LogP contribution in [0.3, 0.4) is 0 Å². The van der Waals surface area contributed by atoms with Crippen LogP contribution in [0, 0.1) is 0 Å². The maximum absolute atomic E-state index is 13.5. The number of ether oxygens (including phenoxy) is 1. The van der Waals surface area contributed by atoms with Crippen LogP contribution in [0.4, 0.5) is 0 Å². The monoisotopic (exact) mass is 734 g/mol. The van der Waals surface area contributed by atoms with Crippen molar-refractivity contribution in [1.82, 2.24) is 9.29 Å². The molecule has 0 radical (unpaired) electrons. The van der Waals surface area contributed by atoms with Crippen LogP contribution in [0.1, 0.15) is 66.7 Å². The first-order valence-corrected chi connectivity index (χ1v) is 19.0. The Labute approximate surface area is 308 Å². The van der Waals surface area contributed by atoms with Crippen LogP contribution in [0.15, 0.2) is 127 Å². The minimum atomic E-state index is -3.85. The van der Waals surface area contributed by atoms with Gasteiger partial charge in [-0.1, -0.05) is 103 Å². The molecule has 0 bridgehead atoms. The number of aromatic carboxylic acids is 1. The first-order valence-electron chi connectivity index (χ1n) is 17.0. The van der Waals surface area contributed by atoms with E-state index in [1.54, 1.807) is 36.4 Å². The molecule has 10 heteroatoms. The second kappa shape index (κ2) is 16.4. The summed E-state index contributed by atoms with van der Waals surface area (Å²) in [6, 6.07) is 39.6. The second-order valence-corrected chi connectivity index (χ2v) is 14.8. The number of carbonyl (C=O) groups excluding carboxylic acids is 1. The Kier molecular flexibility index (Phi) is 11.5. The number of hydrogen-bond donors (Lipinski definition) is 2. The number of benzene rings is 5. The van der Waals surface area contributed by atoms with Crippen molar-refractivity contribution in [1.29, 1.82) is 0 Å². The van der Waals surface area contributed by atoms with Crippen molar-refractivity contribution < 1.29 is 27.9 Å². The molecule has 6 aromatic rings. The third kappa shape index (κ3) is 8.45. The molecule has 0 fully saturated rings. The molecule has 2 N–H and O–H groups in total. The first kappa shape index (κ1) is 36.6. The predicted octanol–water partition coefficient (Wildman–Crippen LogP) is 8.25. The Morgan fingerprint density at radius 3 is 2.08 bits per heavy atom. The molecule has 5 aromatic carbocycles. The van der Waals surface area contributed by atoms with Crippen LogP contribution in [-0.4, -0.2) is 43.7 Å². The molecule has 0 amide bonds. The number of aromatic nitrogens is 1. The number of carbonyl (C=O) groups is 2. The Bertz CT molecular complexity index is 2250. The van der Waals surface area contributed by atoms with Crippen molar-refractivity contribution in [2.45, 2.75) is 37.5 Å². The minimum absolute atomic E-state index is 0.118. The van der Waals surface area contributed by atoms with E-state index in [0.717, 1.165) is 51.7 Å². The van der Waals surface area contributed by atoms with Crippen molar-refractivity contribution in [3.63, 3.8) is 0 Å². The molecule has 0 aliphatic rings. The Hall–Kier alpha value is -5.22. The summed E-state index contributed by atoms with van der Waals surface area (Å²) in [7, 11) is -2.58. The normalized spacial score (nSPS) is 11.6. The number of fused-ring (bicyclic) bond motifs is 1. The van der Waals surface area contributed by atoms with E-state index in [9.17, 15) is 23.1 Å². The van der Waals surface area contributed by atoms with Gasteiger partial charge in [0.1, 0.15) is 0 Å². The molecule has 8 nitrogen and oxygen atoms in total. The van der Waals surface area contributed by atoms with Crippen LogP contribution in [-0.2, 0) is 39.8 Å². The molecule has 52 heavy (non-hydrogen) atoms. The van der Waals surface area contributed by atoms with Crippen molar-refractivity contribution in [2.75, 3.05) is 13.7 Å². The van der Waals surface area contributed by atoms with Crippen molar-refractivity contribution in [2.24, 2.45) is 0 Å². The quantitative estimate of drug-likeness (QED) is 0.103. The third-order valence-electron chi connectivity index (χ3n) is 9.22. The lowest BCUT2D eigenvalue weighted by molar-refractivity contribution is 0.0599. The zero-order valence-electron chi connectivity index (χ0n) is 28.7. The standard InChI is InChI=1S/C42H39ClN2O6S/c1-51-42(48)35-17-9-8-16-33(35)28-52(49,50)44-26-25-39-36(18-10-11-29-19-21-32(22-20-29)41(46)47)37-27-34(43)23-24-38(37)45(39)40(30-12-4-2-5-13-30)31-14-6-3-7-15-31/h2-9,12-17,19-24,27,40,44H,10-11,18,25-26,28H2,1H3,(H,46,47). The number of halogens is 1. The van der Waals surface area contributed by atoms with Gasteiger partial charge >= 0.3 is 11.9 Å². The SMILES string of the molecule is COC(=O)c1ccccc1CS(=O)(=O)NCCc1c(CCCc2ccc(C(=O)O)cc2)c2cc(Cl)ccc2n1C(c1ccccc1)c1ccccc1. The van der Waals surface area contributed by atoms with Gasteiger partial charge in [-0.15, -0.1) is 0 Å². The summed E-state index contributed by atoms with van der Waals surface area (Å²) >= 11 is 6.64. The number of carboxylic acids is 1. The highest BCUT2D eigenvalue weighted by Crippen LogP contribution is 2.38. The molecule has 0 unspecified atom stereocenters. The zero-order valence-corrected chi connectivity index (χ0v) is 30.2. The fourth-order valence-corrected chi connectivity index (χ4v) is 8.18. The van der Waals surface area contributed by atoms with Gasteiger partial charge in [0.2, 0.25) is 10.0 Å². The van der Waals surface area contributed by atoms with E-state index in [1.807, 2.05) is 66.7 Å². The van der Waals surface area contributed by atoms with Gasteiger partial charge in [-0.05, 0) is 83.5 Å². The van der Waals surface area contributed by atoms with Gasteiger partial charge in [-0.3, -0.25) is 0 Å². The van der Waals surface area contributed by atoms with Crippen LogP contribution >= 0.6 is 11.6 Å². The zero-order chi connectivity index (χ0) is 36.7. The molecular formula is C42H39ClN2O6S. The molecule has 266 valence electrons. The minimum Gasteiger partial charge on any atom is -0.478 e. The summed E-state index contributed by atoms with van der Waals surface area (Å²) in [5.74, 6) is -1.93. The summed E-state index contributed by atoms with van der Waals surface area (Å²) in [5, 5.41) is 10.9. The van der Waals surface area contributed by atoms with Gasteiger partial charge in [0.15, 0.2) is 0 Å². The smallest absolute Gasteiger partial charge is 0.338 e. The lowest BCUT2D eigenvalue weighted by Gasteiger charge is -2.25. The van der Waals surface area contributed by atoms with Crippen LogP contribution in [0.5, 0.6) is 0 Å². The van der Waals surface area contributed by atoms with Crippen molar-refractivity contribution >= 4 is 44.5 Å². The lowest BCUT2D eigenvalue weighted by atomic mass is 9.97. The van der Waals surface area contributed by atoms with E-state index >= 15 is 0 Å². The van der Waals surface area contributed by atoms with Gasteiger partial charge in [-0.25, -0.2) is 22.7 Å². The van der Waals surface area contributed by atoms with Gasteiger partial charge < -0.3 is 14.4 Å². The summed E-state index contributed by atoms with van der Waals surface area (Å²) in [4.78, 5) is 23.7. The van der Waals surface area contributed by atoms with Gasteiger partial charge in [0, 0.05) is 34.6 Å². The van der Waals surface area contributed by atoms with Crippen LogP contribution in [0.2, 0.25) is 5.02 Å². The molecule has 0 spiro atoms. The molecule has 0 saturated carbocycles. The van der Waals surface area contributed by atoms with E-state index < -0.39 is 22.0 Å². The Balaban J connectivity index is 1.39.